The number of aliphatic hydroxyl groups is 1. The van der Waals surface area contributed by atoms with Crippen LogP contribution in [0.25, 0.3) is 43.9 Å². The van der Waals surface area contributed by atoms with Crippen LogP contribution in [0.15, 0.2) is 58.7 Å². The molecular weight excluding hydrogens is 807 g/mol. The zero-order chi connectivity index (χ0) is 37.1. The standard InChI is InChI=1S/C33H36NO.C13H24O2.Ir/c1-19-14-20(2)28-26(15-19)34-30(31-29(28)21(3)27(35-31)18-32(4,5)6)23-16-22-12-10-11-13-24(22)25(17-23)33(7,8)9;1-5-10(6-2)12(14)9-13(15)11(7-3)8-4;/h10-15,17H,18H2,1-9H3;9-11,14H,5-8H2,1-4H3;/q-1;;/b;12-9-;. The summed E-state index contributed by atoms with van der Waals surface area (Å²) in [6.45, 7) is 28.2. The Morgan fingerprint density at radius 2 is 1.49 bits per heavy atom. The number of nitrogens with zero attached hydrogens (tertiary/aromatic N) is 1. The Balaban J connectivity index is 0.000000374. The molecule has 1 N–H and O–H groups in total. The van der Waals surface area contributed by atoms with Gasteiger partial charge in [-0.15, -0.1) is 29.1 Å². The van der Waals surface area contributed by atoms with Gasteiger partial charge in [-0.25, -0.2) is 0 Å². The van der Waals surface area contributed by atoms with Crippen LogP contribution in [0, 0.1) is 44.1 Å². The number of carbonyl (C=O) groups excluding carboxylic acids is 1. The summed E-state index contributed by atoms with van der Waals surface area (Å²) in [4.78, 5) is 17.0. The molecule has 0 fully saturated rings. The van der Waals surface area contributed by atoms with Crippen molar-refractivity contribution in [3.8, 4) is 11.3 Å². The van der Waals surface area contributed by atoms with Crippen LogP contribution >= 0.6 is 0 Å². The Morgan fingerprint density at radius 1 is 0.882 bits per heavy atom. The smallest absolute Gasteiger partial charge is 0.162 e. The fourth-order valence-corrected chi connectivity index (χ4v) is 7.15. The molecule has 0 amide bonds. The van der Waals surface area contributed by atoms with Crippen LogP contribution in [0.4, 0.5) is 0 Å². The summed E-state index contributed by atoms with van der Waals surface area (Å²) < 4.78 is 6.71. The van der Waals surface area contributed by atoms with E-state index in [9.17, 15) is 9.90 Å². The van der Waals surface area contributed by atoms with Gasteiger partial charge in [0.15, 0.2) is 5.78 Å². The first kappa shape index (κ1) is 42.1. The number of pyridine rings is 1. The molecule has 5 aromatic rings. The van der Waals surface area contributed by atoms with Crippen molar-refractivity contribution in [3.63, 3.8) is 0 Å². The van der Waals surface area contributed by atoms with Gasteiger partial charge in [0.25, 0.3) is 0 Å². The van der Waals surface area contributed by atoms with Gasteiger partial charge in [-0.1, -0.05) is 104 Å². The minimum Gasteiger partial charge on any atom is -0.512 e. The number of hydrogen-bond donors (Lipinski definition) is 1. The van der Waals surface area contributed by atoms with Crippen LogP contribution < -0.4 is 0 Å². The first-order chi connectivity index (χ1) is 23.4. The molecule has 1 radical (unpaired) electrons. The van der Waals surface area contributed by atoms with Gasteiger partial charge in [0, 0.05) is 60.9 Å². The molecule has 0 saturated carbocycles. The number of fused-ring (bicyclic) bond motifs is 4. The first-order valence-corrected chi connectivity index (χ1v) is 18.7. The number of benzene rings is 3. The van der Waals surface area contributed by atoms with Crippen molar-refractivity contribution in [1.82, 2.24) is 4.98 Å². The molecule has 3 aromatic carbocycles. The fraction of sp³-hybridized carbons (Fsp3) is 0.478. The number of hydrogen-bond acceptors (Lipinski definition) is 4. The van der Waals surface area contributed by atoms with Crippen molar-refractivity contribution in [2.24, 2.45) is 17.3 Å². The predicted octanol–water partition coefficient (Wildman–Crippen LogP) is 13.3. The maximum absolute atomic E-state index is 11.7. The molecule has 0 unspecified atom stereocenters. The molecule has 277 valence electrons. The van der Waals surface area contributed by atoms with Crippen molar-refractivity contribution in [3.05, 3.63) is 88.4 Å². The van der Waals surface area contributed by atoms with Gasteiger partial charge in [-0.05, 0) is 80.0 Å². The summed E-state index contributed by atoms with van der Waals surface area (Å²) in [5.41, 5.74) is 8.90. The van der Waals surface area contributed by atoms with Crippen LogP contribution in [0.5, 0.6) is 0 Å². The fourth-order valence-electron chi connectivity index (χ4n) is 7.15. The molecule has 51 heavy (non-hydrogen) atoms. The zero-order valence-corrected chi connectivity index (χ0v) is 35.7. The third-order valence-corrected chi connectivity index (χ3v) is 10.0. The van der Waals surface area contributed by atoms with E-state index < -0.39 is 0 Å². The second-order valence-electron chi connectivity index (χ2n) is 16.4. The van der Waals surface area contributed by atoms with E-state index >= 15 is 0 Å². The van der Waals surface area contributed by atoms with Gasteiger partial charge in [0.05, 0.1) is 11.3 Å². The van der Waals surface area contributed by atoms with Crippen LogP contribution in [-0.2, 0) is 36.7 Å². The molecule has 0 aliphatic heterocycles. The van der Waals surface area contributed by atoms with Gasteiger partial charge in [-0.3, -0.25) is 9.78 Å². The molecule has 4 nitrogen and oxygen atoms in total. The minimum absolute atomic E-state index is 0. The van der Waals surface area contributed by atoms with Crippen molar-refractivity contribution >= 4 is 38.4 Å². The van der Waals surface area contributed by atoms with Crippen molar-refractivity contribution < 1.29 is 34.4 Å². The van der Waals surface area contributed by atoms with Crippen LogP contribution in [-0.4, -0.2) is 15.9 Å². The SMILES string of the molecule is CCC(CC)C(=O)/C=C(\O)C(CC)CC.Cc1cc(C)c2c(c1)nc(-c1[c-]c3ccccc3c(C(C)(C)C)c1)c1oc(CC(C)(C)C)c(C)c12.[Ir]. The van der Waals surface area contributed by atoms with Gasteiger partial charge in [-0.2, -0.15) is 0 Å². The average Bonchev–Trinajstić information content (AvgIpc) is 3.34. The summed E-state index contributed by atoms with van der Waals surface area (Å²) in [5.74, 6) is 1.60. The Kier molecular flexibility index (Phi) is 14.1. The van der Waals surface area contributed by atoms with E-state index in [0.717, 1.165) is 65.6 Å². The molecule has 0 bridgehead atoms. The molecule has 0 saturated heterocycles. The van der Waals surface area contributed by atoms with E-state index in [4.69, 9.17) is 9.40 Å². The number of aromatic nitrogens is 1. The normalized spacial score (nSPS) is 12.5. The van der Waals surface area contributed by atoms with E-state index in [-0.39, 0.29) is 54.3 Å². The molecule has 2 aromatic heterocycles. The number of furan rings is 1. The largest absolute Gasteiger partial charge is 0.512 e. The molecule has 5 rings (SSSR count). The maximum Gasteiger partial charge on any atom is 0.162 e. The third-order valence-electron chi connectivity index (χ3n) is 10.0. The summed E-state index contributed by atoms with van der Waals surface area (Å²) >= 11 is 0. The number of carbonyl (C=O) groups is 1. The number of ketones is 1. The molecule has 0 aliphatic carbocycles. The Morgan fingerprint density at radius 3 is 2.06 bits per heavy atom. The number of aryl methyl sites for hydroxylation is 3. The Labute approximate surface area is 320 Å². The van der Waals surface area contributed by atoms with Gasteiger partial charge in [0.2, 0.25) is 0 Å². The van der Waals surface area contributed by atoms with E-state index in [1.54, 1.807) is 0 Å². The second-order valence-corrected chi connectivity index (χ2v) is 16.4. The average molecular weight is 867 g/mol. The van der Waals surface area contributed by atoms with E-state index in [0.29, 0.717) is 0 Å². The number of aliphatic hydroxyl groups excluding tert-OH is 1. The van der Waals surface area contributed by atoms with Crippen molar-refractivity contribution in [1.29, 1.82) is 0 Å². The summed E-state index contributed by atoms with van der Waals surface area (Å²) in [5, 5.41) is 14.5. The second kappa shape index (κ2) is 17.0. The Bertz CT molecular complexity index is 2010. The summed E-state index contributed by atoms with van der Waals surface area (Å²) in [6, 6.07) is 19.0. The van der Waals surface area contributed by atoms with Crippen LogP contribution in [0.2, 0.25) is 0 Å². The summed E-state index contributed by atoms with van der Waals surface area (Å²) in [6.07, 6.45) is 5.79. The van der Waals surface area contributed by atoms with E-state index in [1.807, 2.05) is 27.7 Å². The molecule has 5 heteroatoms. The molecular formula is C46H60IrNO3-. The Hall–Kier alpha value is -3.27. The number of allylic oxidation sites excluding steroid dienone is 2. The van der Waals surface area contributed by atoms with Crippen LogP contribution in [0.1, 0.15) is 123 Å². The molecule has 0 spiro atoms. The molecule has 2 heterocycles. The first-order valence-electron chi connectivity index (χ1n) is 18.7. The zero-order valence-electron chi connectivity index (χ0n) is 33.4. The monoisotopic (exact) mass is 867 g/mol. The van der Waals surface area contributed by atoms with Crippen molar-refractivity contribution in [2.45, 2.75) is 128 Å². The molecule has 0 aliphatic rings. The third kappa shape index (κ3) is 9.59. The maximum atomic E-state index is 11.7. The van der Waals surface area contributed by atoms with Crippen molar-refractivity contribution in [2.75, 3.05) is 0 Å². The minimum atomic E-state index is -0.0108. The van der Waals surface area contributed by atoms with E-state index in [2.05, 4.69) is 111 Å². The van der Waals surface area contributed by atoms with Gasteiger partial charge >= 0.3 is 0 Å². The quantitative estimate of drug-likeness (QED) is 0.0911. The predicted molar refractivity (Wildman–Crippen MR) is 213 cm³/mol. The topological polar surface area (TPSA) is 63.3 Å². The van der Waals surface area contributed by atoms with Gasteiger partial charge < -0.3 is 9.52 Å². The summed E-state index contributed by atoms with van der Waals surface area (Å²) in [7, 11) is 0. The van der Waals surface area contributed by atoms with E-state index in [1.165, 1.54) is 44.5 Å². The van der Waals surface area contributed by atoms with Crippen LogP contribution in [0.3, 0.4) is 0 Å². The molecule has 0 atom stereocenters. The van der Waals surface area contributed by atoms with Gasteiger partial charge in [0.1, 0.15) is 11.3 Å². The number of rotatable bonds is 9.